The average Bonchev–Trinajstić information content (AvgIpc) is 2.79. The van der Waals surface area contributed by atoms with Gasteiger partial charge in [0.2, 0.25) is 5.91 Å². The van der Waals surface area contributed by atoms with Gasteiger partial charge in [-0.25, -0.2) is 0 Å². The molecule has 0 unspecified atom stereocenters. The van der Waals surface area contributed by atoms with E-state index in [0.717, 1.165) is 15.7 Å². The van der Waals surface area contributed by atoms with E-state index in [1.807, 2.05) is 37.3 Å². The second-order valence-electron chi connectivity index (χ2n) is 4.23. The van der Waals surface area contributed by atoms with Crippen molar-refractivity contribution in [3.8, 4) is 0 Å². The van der Waals surface area contributed by atoms with Crippen LogP contribution in [-0.4, -0.2) is 11.7 Å². The fourth-order valence-corrected chi connectivity index (χ4v) is 3.89. The minimum absolute atomic E-state index is 0.0524. The minimum Gasteiger partial charge on any atom is -0.324 e. The fraction of sp³-hybridized carbons (Fsp3) is 0.214. The van der Waals surface area contributed by atoms with Gasteiger partial charge in [-0.3, -0.25) is 4.79 Å². The molecule has 2 aromatic rings. The fourth-order valence-electron chi connectivity index (χ4n) is 1.58. The normalized spacial score (nSPS) is 10.6. The number of carbonyl (C=O) groups excluding carboxylic acids is 1. The molecule has 0 bridgehead atoms. The molecular formula is C14H13Cl2NOS2. The Bertz CT molecular complexity index is 613. The number of rotatable bonds is 5. The van der Waals surface area contributed by atoms with Gasteiger partial charge in [-0.1, -0.05) is 29.3 Å². The minimum atomic E-state index is -0.0524. The Labute approximate surface area is 136 Å². The lowest BCUT2D eigenvalue weighted by Gasteiger charge is -2.07. The third-order valence-corrected chi connectivity index (χ3v) is 5.21. The van der Waals surface area contributed by atoms with Crippen molar-refractivity contribution in [2.75, 3.05) is 11.1 Å². The molecule has 1 amide bonds. The Morgan fingerprint density at radius 3 is 2.75 bits per heavy atom. The molecule has 1 N–H and O–H groups in total. The molecule has 1 aromatic carbocycles. The summed E-state index contributed by atoms with van der Waals surface area (Å²) in [5.74, 6) is 1.12. The van der Waals surface area contributed by atoms with Gasteiger partial charge in [0.15, 0.2) is 0 Å². The smallest absolute Gasteiger partial charge is 0.234 e. The number of amides is 1. The number of thiophene rings is 1. The van der Waals surface area contributed by atoms with Gasteiger partial charge < -0.3 is 5.32 Å². The molecule has 0 saturated heterocycles. The zero-order chi connectivity index (χ0) is 14.5. The number of anilines is 1. The molecule has 0 fully saturated rings. The van der Waals surface area contributed by atoms with E-state index in [1.54, 1.807) is 11.8 Å². The molecule has 0 saturated carbocycles. The van der Waals surface area contributed by atoms with Crippen LogP contribution < -0.4 is 5.32 Å². The van der Waals surface area contributed by atoms with Crippen LogP contribution >= 0.6 is 46.3 Å². The van der Waals surface area contributed by atoms with E-state index in [1.165, 1.54) is 16.2 Å². The maximum atomic E-state index is 11.8. The first-order chi connectivity index (χ1) is 9.54. The molecule has 20 heavy (non-hydrogen) atoms. The van der Waals surface area contributed by atoms with Crippen LogP contribution in [0.2, 0.25) is 9.36 Å². The number of nitrogens with one attached hydrogen (secondary N) is 1. The number of aryl methyl sites for hydroxylation is 1. The second kappa shape index (κ2) is 7.36. The van der Waals surface area contributed by atoms with E-state index in [4.69, 9.17) is 23.2 Å². The number of benzene rings is 1. The van der Waals surface area contributed by atoms with Crippen molar-refractivity contribution in [2.24, 2.45) is 0 Å². The van der Waals surface area contributed by atoms with E-state index in [2.05, 4.69) is 5.32 Å². The second-order valence-corrected chi connectivity index (χ2v) is 7.42. The molecule has 1 heterocycles. The van der Waals surface area contributed by atoms with Gasteiger partial charge in [0.1, 0.15) is 0 Å². The van der Waals surface area contributed by atoms with Crippen molar-refractivity contribution in [3.05, 3.63) is 50.1 Å². The summed E-state index contributed by atoms with van der Waals surface area (Å²) in [6.07, 6.45) is 0. The first-order valence-electron chi connectivity index (χ1n) is 5.92. The SMILES string of the molecule is Cc1ccc(NC(=O)CSCc2ccc(Cl)s2)c(Cl)c1. The Morgan fingerprint density at radius 1 is 1.30 bits per heavy atom. The molecule has 0 aliphatic carbocycles. The van der Waals surface area contributed by atoms with Crippen molar-refractivity contribution in [3.63, 3.8) is 0 Å². The summed E-state index contributed by atoms with van der Waals surface area (Å²) in [7, 11) is 0. The van der Waals surface area contributed by atoms with Crippen LogP contribution in [0.5, 0.6) is 0 Å². The summed E-state index contributed by atoms with van der Waals surface area (Å²) in [6.45, 7) is 1.96. The molecule has 2 nitrogen and oxygen atoms in total. The van der Waals surface area contributed by atoms with Crippen molar-refractivity contribution in [2.45, 2.75) is 12.7 Å². The van der Waals surface area contributed by atoms with Crippen LogP contribution in [0.15, 0.2) is 30.3 Å². The highest BCUT2D eigenvalue weighted by atomic mass is 35.5. The maximum Gasteiger partial charge on any atom is 0.234 e. The lowest BCUT2D eigenvalue weighted by atomic mass is 10.2. The number of halogens is 2. The van der Waals surface area contributed by atoms with Crippen molar-refractivity contribution in [1.29, 1.82) is 0 Å². The summed E-state index contributed by atoms with van der Waals surface area (Å²) < 4.78 is 0.775. The Hall–Kier alpha value is -0.680. The predicted molar refractivity (Wildman–Crippen MR) is 90.3 cm³/mol. The number of thioether (sulfide) groups is 1. The van der Waals surface area contributed by atoms with Gasteiger partial charge in [0.25, 0.3) is 0 Å². The summed E-state index contributed by atoms with van der Waals surface area (Å²) in [5.41, 5.74) is 1.72. The molecule has 106 valence electrons. The summed E-state index contributed by atoms with van der Waals surface area (Å²) in [6, 6.07) is 9.42. The molecule has 0 aliphatic rings. The first-order valence-corrected chi connectivity index (χ1v) is 8.65. The first kappa shape index (κ1) is 15.7. The molecular weight excluding hydrogens is 333 g/mol. The highest BCUT2D eigenvalue weighted by molar-refractivity contribution is 7.99. The van der Waals surface area contributed by atoms with Gasteiger partial charge in [-0.05, 0) is 36.8 Å². The zero-order valence-corrected chi connectivity index (χ0v) is 13.9. The molecule has 2 rings (SSSR count). The topological polar surface area (TPSA) is 29.1 Å². The van der Waals surface area contributed by atoms with E-state index in [-0.39, 0.29) is 5.91 Å². The highest BCUT2D eigenvalue weighted by Crippen LogP contribution is 2.26. The van der Waals surface area contributed by atoms with E-state index >= 15 is 0 Å². The lowest BCUT2D eigenvalue weighted by molar-refractivity contribution is -0.113. The van der Waals surface area contributed by atoms with Crippen LogP contribution in [0.3, 0.4) is 0 Å². The average molecular weight is 346 g/mol. The van der Waals surface area contributed by atoms with E-state index in [9.17, 15) is 4.79 Å². The molecule has 0 spiro atoms. The Balaban J connectivity index is 1.80. The van der Waals surface area contributed by atoms with Gasteiger partial charge in [-0.2, -0.15) is 0 Å². The maximum absolute atomic E-state index is 11.8. The predicted octanol–water partition coefficient (Wildman–Crippen LogP) is 5.24. The molecule has 6 heteroatoms. The van der Waals surface area contributed by atoms with E-state index < -0.39 is 0 Å². The standard InChI is InChI=1S/C14H13Cl2NOS2/c1-9-2-4-12(11(15)6-9)17-14(18)8-19-7-10-3-5-13(16)20-10/h2-6H,7-8H2,1H3,(H,17,18). The van der Waals surface area contributed by atoms with Crippen LogP contribution in [0.1, 0.15) is 10.4 Å². The van der Waals surface area contributed by atoms with Crippen LogP contribution in [0.25, 0.3) is 0 Å². The van der Waals surface area contributed by atoms with Crippen LogP contribution in [-0.2, 0) is 10.5 Å². The van der Waals surface area contributed by atoms with Crippen LogP contribution in [0.4, 0.5) is 5.69 Å². The third kappa shape index (κ3) is 4.70. The van der Waals surface area contributed by atoms with Crippen LogP contribution in [0, 0.1) is 6.92 Å². The monoisotopic (exact) mass is 345 g/mol. The summed E-state index contributed by atoms with van der Waals surface area (Å²) in [4.78, 5) is 13.0. The summed E-state index contributed by atoms with van der Waals surface area (Å²) >= 11 is 15.0. The van der Waals surface area contributed by atoms with Crippen molar-refractivity contribution < 1.29 is 4.79 Å². The lowest BCUT2D eigenvalue weighted by Crippen LogP contribution is -2.14. The summed E-state index contributed by atoms with van der Waals surface area (Å²) in [5, 5.41) is 3.38. The van der Waals surface area contributed by atoms with Gasteiger partial charge in [0, 0.05) is 10.6 Å². The Morgan fingerprint density at radius 2 is 2.10 bits per heavy atom. The number of hydrogen-bond donors (Lipinski definition) is 1. The quantitative estimate of drug-likeness (QED) is 0.803. The van der Waals surface area contributed by atoms with Gasteiger partial charge in [0.05, 0.1) is 20.8 Å². The van der Waals surface area contributed by atoms with E-state index in [0.29, 0.717) is 16.5 Å². The number of carbonyl (C=O) groups is 1. The van der Waals surface area contributed by atoms with Crippen molar-refractivity contribution in [1.82, 2.24) is 0 Å². The molecule has 1 aromatic heterocycles. The largest absolute Gasteiger partial charge is 0.324 e. The number of hydrogen-bond acceptors (Lipinski definition) is 3. The van der Waals surface area contributed by atoms with Crippen molar-refractivity contribution >= 4 is 57.9 Å². The molecule has 0 aliphatic heterocycles. The van der Waals surface area contributed by atoms with Gasteiger partial charge >= 0.3 is 0 Å². The highest BCUT2D eigenvalue weighted by Gasteiger charge is 2.07. The molecule has 0 radical (unpaired) electrons. The Kier molecular flexibility index (Phi) is 5.78. The zero-order valence-electron chi connectivity index (χ0n) is 10.8. The van der Waals surface area contributed by atoms with Gasteiger partial charge in [-0.15, -0.1) is 23.1 Å². The third-order valence-electron chi connectivity index (χ3n) is 2.51. The molecule has 0 atom stereocenters.